The predicted molar refractivity (Wildman–Crippen MR) is 196 cm³/mol. The van der Waals surface area contributed by atoms with E-state index in [1.165, 1.54) is 28.8 Å². The number of amides is 2. The Hall–Kier alpha value is -4.48. The molecule has 2 amide bonds. The average molecular weight is 704 g/mol. The second-order valence-electron chi connectivity index (χ2n) is 11.8. The van der Waals surface area contributed by atoms with E-state index in [1.807, 2.05) is 69.5 Å². The molecule has 4 aromatic carbocycles. The smallest absolute Gasteiger partial charge is 0.264 e. The van der Waals surface area contributed by atoms with E-state index in [1.54, 1.807) is 55.6 Å². The minimum Gasteiger partial charge on any atom is -0.497 e. The van der Waals surface area contributed by atoms with Crippen LogP contribution in [0.2, 0.25) is 0 Å². The Kier molecular flexibility index (Phi) is 13.6. The summed E-state index contributed by atoms with van der Waals surface area (Å²) in [5, 5.41) is 3.01. The Labute approximate surface area is 294 Å². The van der Waals surface area contributed by atoms with Crippen LogP contribution in [-0.2, 0) is 32.6 Å². The second-order valence-corrected chi connectivity index (χ2v) is 14.5. The number of hydrogen-bond acceptors (Lipinski definition) is 7. The van der Waals surface area contributed by atoms with Crippen LogP contribution in [0.4, 0.5) is 5.69 Å². The lowest BCUT2D eigenvalue weighted by Crippen LogP contribution is -2.53. The zero-order valence-corrected chi connectivity index (χ0v) is 30.3. The Morgan fingerprint density at radius 1 is 0.878 bits per heavy atom. The number of hydrogen-bond donors (Lipinski definition) is 1. The van der Waals surface area contributed by atoms with Gasteiger partial charge >= 0.3 is 0 Å². The molecular weight excluding hydrogens is 659 g/mol. The number of sulfonamides is 1. The molecule has 0 aliphatic rings. The number of nitrogens with zero attached hydrogens (tertiary/aromatic N) is 2. The zero-order valence-electron chi connectivity index (χ0n) is 28.7. The van der Waals surface area contributed by atoms with Crippen LogP contribution in [0.25, 0.3) is 0 Å². The van der Waals surface area contributed by atoms with Crippen molar-refractivity contribution < 1.29 is 27.5 Å². The summed E-state index contributed by atoms with van der Waals surface area (Å²) in [6.07, 6.45) is 2.13. The van der Waals surface area contributed by atoms with Crippen molar-refractivity contribution in [2.75, 3.05) is 37.4 Å². The summed E-state index contributed by atoms with van der Waals surface area (Å²) < 4.78 is 41.3. The molecule has 260 valence electrons. The Morgan fingerprint density at radius 2 is 1.55 bits per heavy atom. The van der Waals surface area contributed by atoms with Crippen LogP contribution in [0.1, 0.15) is 31.9 Å². The first kappa shape index (κ1) is 37.3. The molecular formula is C38H45N3O6S2. The third-order valence-corrected chi connectivity index (χ3v) is 10.3. The molecule has 0 spiro atoms. The lowest BCUT2D eigenvalue weighted by Gasteiger charge is -2.34. The Morgan fingerprint density at radius 3 is 2.20 bits per heavy atom. The molecule has 0 unspecified atom stereocenters. The topological polar surface area (TPSA) is 105 Å². The van der Waals surface area contributed by atoms with E-state index in [-0.39, 0.29) is 35.4 Å². The highest BCUT2D eigenvalue weighted by atomic mass is 32.2. The summed E-state index contributed by atoms with van der Waals surface area (Å²) in [4.78, 5) is 31.2. The molecule has 0 saturated carbocycles. The highest BCUT2D eigenvalue weighted by Gasteiger charge is 2.35. The fourth-order valence-electron chi connectivity index (χ4n) is 5.27. The molecule has 0 aromatic heterocycles. The van der Waals surface area contributed by atoms with Crippen molar-refractivity contribution in [3.05, 3.63) is 114 Å². The lowest BCUT2D eigenvalue weighted by molar-refractivity contribution is -0.140. The quantitative estimate of drug-likeness (QED) is 0.127. The average Bonchev–Trinajstić information content (AvgIpc) is 3.11. The molecule has 0 bridgehead atoms. The first-order chi connectivity index (χ1) is 23.6. The summed E-state index contributed by atoms with van der Waals surface area (Å²) >= 11 is 1.50. The molecule has 9 nitrogen and oxygen atoms in total. The van der Waals surface area contributed by atoms with E-state index in [4.69, 9.17) is 9.47 Å². The highest BCUT2D eigenvalue weighted by Crippen LogP contribution is 2.33. The fraction of sp³-hybridized carbons (Fsp3) is 0.316. The summed E-state index contributed by atoms with van der Waals surface area (Å²) in [6.45, 7) is 5.96. The summed E-state index contributed by atoms with van der Waals surface area (Å²) in [7, 11) is -2.72. The van der Waals surface area contributed by atoms with Gasteiger partial charge in [-0.25, -0.2) is 8.42 Å². The standard InChI is InChI=1S/C38H45N3O6S2/c1-6-47-36-18-11-10-17-34(36)41(49(44,45)33-21-19-32(48-5)20-22-33)27-37(42)40(26-30-15-12-16-31(23-30)46-4)35(38(43)39-25-28(2)3)24-29-13-8-7-9-14-29/h7-23,28,35H,6,24-27H2,1-5H3,(H,39,43)/t35-/m0/s1. The van der Waals surface area contributed by atoms with Crippen LogP contribution < -0.4 is 19.1 Å². The van der Waals surface area contributed by atoms with Gasteiger partial charge in [0.05, 0.1) is 24.3 Å². The van der Waals surface area contributed by atoms with Crippen LogP contribution in [0.5, 0.6) is 11.5 Å². The molecule has 0 saturated heterocycles. The number of thioether (sulfide) groups is 1. The molecule has 4 rings (SSSR count). The Bertz CT molecular complexity index is 1780. The van der Waals surface area contributed by atoms with E-state index in [2.05, 4.69) is 5.32 Å². The van der Waals surface area contributed by atoms with Gasteiger partial charge in [0, 0.05) is 24.4 Å². The van der Waals surface area contributed by atoms with Crippen LogP contribution in [0.3, 0.4) is 0 Å². The normalized spacial score (nSPS) is 11.9. The van der Waals surface area contributed by atoms with Gasteiger partial charge in [0.2, 0.25) is 11.8 Å². The van der Waals surface area contributed by atoms with Crippen molar-refractivity contribution in [2.24, 2.45) is 5.92 Å². The van der Waals surface area contributed by atoms with E-state index in [0.717, 1.165) is 20.3 Å². The van der Waals surface area contributed by atoms with E-state index < -0.39 is 28.5 Å². The van der Waals surface area contributed by atoms with Crippen LogP contribution in [0, 0.1) is 5.92 Å². The summed E-state index contributed by atoms with van der Waals surface area (Å²) in [6, 6.07) is 29.1. The van der Waals surface area contributed by atoms with Crippen LogP contribution >= 0.6 is 11.8 Å². The predicted octanol–water partition coefficient (Wildman–Crippen LogP) is 6.42. The largest absolute Gasteiger partial charge is 0.497 e. The van der Waals surface area contributed by atoms with Crippen molar-refractivity contribution in [3.8, 4) is 11.5 Å². The third-order valence-electron chi connectivity index (χ3n) is 7.80. The van der Waals surface area contributed by atoms with Gasteiger partial charge in [-0.3, -0.25) is 13.9 Å². The molecule has 4 aromatic rings. The maximum Gasteiger partial charge on any atom is 0.264 e. The number of methoxy groups -OCH3 is 1. The molecule has 11 heteroatoms. The van der Waals surface area contributed by atoms with Gasteiger partial charge in [0.1, 0.15) is 24.1 Å². The van der Waals surface area contributed by atoms with Crippen LogP contribution in [0.15, 0.2) is 113 Å². The molecule has 0 radical (unpaired) electrons. The molecule has 1 N–H and O–H groups in total. The van der Waals surface area contributed by atoms with E-state index in [0.29, 0.717) is 24.7 Å². The minimum atomic E-state index is -4.28. The number of ether oxygens (including phenoxy) is 2. The molecule has 0 fully saturated rings. The SMILES string of the molecule is CCOc1ccccc1N(CC(=O)N(Cc1cccc(OC)c1)[C@@H](Cc1ccccc1)C(=O)NCC(C)C)S(=O)(=O)c1ccc(SC)cc1. The fourth-order valence-corrected chi connectivity index (χ4v) is 7.11. The van der Waals surface area contributed by atoms with E-state index >= 15 is 0 Å². The van der Waals surface area contributed by atoms with Gasteiger partial charge in [-0.15, -0.1) is 11.8 Å². The van der Waals surface area contributed by atoms with Gasteiger partial charge < -0.3 is 19.7 Å². The summed E-state index contributed by atoms with van der Waals surface area (Å²) in [5.74, 6) is 0.205. The number of para-hydroxylation sites is 2. The van der Waals surface area contributed by atoms with Crippen molar-refractivity contribution in [3.63, 3.8) is 0 Å². The van der Waals surface area contributed by atoms with Gasteiger partial charge in [0.25, 0.3) is 10.0 Å². The minimum absolute atomic E-state index is 0.0271. The Balaban J connectivity index is 1.84. The molecule has 49 heavy (non-hydrogen) atoms. The van der Waals surface area contributed by atoms with Gasteiger partial charge in [-0.05, 0) is 78.8 Å². The highest BCUT2D eigenvalue weighted by molar-refractivity contribution is 7.98. The first-order valence-corrected chi connectivity index (χ1v) is 18.9. The number of anilines is 1. The molecule has 1 atom stereocenters. The number of rotatable bonds is 17. The van der Waals surface area contributed by atoms with Crippen molar-refractivity contribution in [1.29, 1.82) is 0 Å². The zero-order chi connectivity index (χ0) is 35.4. The number of carbonyl (C=O) groups excluding carboxylic acids is 2. The molecule has 0 aliphatic heterocycles. The van der Waals surface area contributed by atoms with Crippen molar-refractivity contribution in [1.82, 2.24) is 10.2 Å². The monoisotopic (exact) mass is 703 g/mol. The molecule has 0 heterocycles. The number of benzene rings is 4. The maximum absolute atomic E-state index is 14.8. The van der Waals surface area contributed by atoms with Gasteiger partial charge in [-0.2, -0.15) is 0 Å². The van der Waals surface area contributed by atoms with Crippen molar-refractivity contribution >= 4 is 39.3 Å². The third kappa shape index (κ3) is 10.0. The second kappa shape index (κ2) is 17.8. The molecule has 0 aliphatic carbocycles. The van der Waals surface area contributed by atoms with Crippen LogP contribution in [-0.4, -0.2) is 64.2 Å². The first-order valence-electron chi connectivity index (χ1n) is 16.2. The summed E-state index contributed by atoms with van der Waals surface area (Å²) in [5.41, 5.74) is 1.80. The number of carbonyl (C=O) groups is 2. The lowest BCUT2D eigenvalue weighted by atomic mass is 10.0. The number of nitrogens with one attached hydrogen (secondary N) is 1. The van der Waals surface area contributed by atoms with E-state index in [9.17, 15) is 18.0 Å². The van der Waals surface area contributed by atoms with Crippen molar-refractivity contribution in [2.45, 2.75) is 49.6 Å². The van der Waals surface area contributed by atoms with Gasteiger partial charge in [0.15, 0.2) is 0 Å². The van der Waals surface area contributed by atoms with Gasteiger partial charge in [-0.1, -0.05) is 68.4 Å². The maximum atomic E-state index is 14.8.